The summed E-state index contributed by atoms with van der Waals surface area (Å²) in [4.78, 5) is 29.6. The Morgan fingerprint density at radius 2 is 0.720 bits per heavy atom. The second-order valence-corrected chi connectivity index (χ2v) is 5.55. The normalized spacial score (nSPS) is 8.76. The summed E-state index contributed by atoms with van der Waals surface area (Å²) < 4.78 is 0. The standard InChI is InChI=1S/3C6H12O2.Sm/c3*1-2-3-4-5-6(7)8;/h3*2-5H2,1H3,(H,7,8);. The smallest absolute Gasteiger partial charge is 0.303 e. The molecular weight excluding hydrogens is 463 g/mol. The average molecular weight is 499 g/mol. The molecule has 0 atom stereocenters. The van der Waals surface area contributed by atoms with E-state index in [0.29, 0.717) is 19.3 Å². The number of unbranched alkanes of at least 4 members (excludes halogenated alkanes) is 6. The Bertz CT molecular complexity index is 260. The van der Waals surface area contributed by atoms with Gasteiger partial charge in [-0.3, -0.25) is 14.4 Å². The van der Waals surface area contributed by atoms with Crippen LogP contribution in [0.2, 0.25) is 0 Å². The predicted octanol–water partition coefficient (Wildman–Crippen LogP) is 4.95. The summed E-state index contributed by atoms with van der Waals surface area (Å²) in [6.45, 7) is 6.17. The number of aliphatic carboxylic acids is 3. The van der Waals surface area contributed by atoms with E-state index in [1.165, 1.54) is 0 Å². The van der Waals surface area contributed by atoms with Crippen LogP contribution in [0.1, 0.15) is 97.8 Å². The number of hydrogen-bond donors (Lipinski definition) is 3. The van der Waals surface area contributed by atoms with Crippen molar-refractivity contribution in [1.29, 1.82) is 0 Å². The minimum Gasteiger partial charge on any atom is -0.481 e. The molecule has 0 saturated carbocycles. The molecule has 0 bridgehead atoms. The molecule has 150 valence electrons. The van der Waals surface area contributed by atoms with E-state index in [4.69, 9.17) is 15.3 Å². The van der Waals surface area contributed by atoms with Crippen LogP contribution in [0.15, 0.2) is 0 Å². The summed E-state index contributed by atoms with van der Waals surface area (Å²) in [6.07, 6.45) is 9.83. The van der Waals surface area contributed by atoms with Crippen LogP contribution in [-0.2, 0) is 14.4 Å². The zero-order chi connectivity index (χ0) is 19.2. The fourth-order valence-electron chi connectivity index (χ4n) is 1.58. The van der Waals surface area contributed by atoms with Crippen molar-refractivity contribution >= 4 is 17.9 Å². The zero-order valence-corrected chi connectivity index (χ0v) is 18.6. The minimum atomic E-state index is -0.682. The van der Waals surface area contributed by atoms with Gasteiger partial charge in [-0.1, -0.05) is 59.3 Å². The van der Waals surface area contributed by atoms with Gasteiger partial charge in [0, 0.05) is 59.7 Å². The molecule has 0 aromatic rings. The molecule has 3 N–H and O–H groups in total. The summed E-state index contributed by atoms with van der Waals surface area (Å²) in [5, 5.41) is 24.4. The molecule has 6 nitrogen and oxygen atoms in total. The maximum absolute atomic E-state index is 9.87. The molecule has 0 saturated heterocycles. The average Bonchev–Trinajstić information content (AvgIpc) is 2.48. The Hall–Kier alpha value is -0.252. The first-order chi connectivity index (χ1) is 11.3. The first kappa shape index (κ1) is 32.4. The molecular formula is C18H36O6Sm. The SMILES string of the molecule is CCCCCC(=O)O.CCCCCC(=O)O.CCCCCC(=O)O.[Sm]. The van der Waals surface area contributed by atoms with Crippen molar-refractivity contribution in [2.45, 2.75) is 97.8 Å². The number of carbonyl (C=O) groups is 3. The van der Waals surface area contributed by atoms with Crippen molar-refractivity contribution < 1.29 is 70.1 Å². The molecule has 0 aromatic heterocycles. The van der Waals surface area contributed by atoms with Gasteiger partial charge in [0.25, 0.3) is 0 Å². The molecule has 0 aliphatic heterocycles. The van der Waals surface area contributed by atoms with Crippen molar-refractivity contribution in [2.24, 2.45) is 0 Å². The second-order valence-electron chi connectivity index (χ2n) is 5.55. The van der Waals surface area contributed by atoms with Gasteiger partial charge < -0.3 is 15.3 Å². The van der Waals surface area contributed by atoms with Gasteiger partial charge in [-0.15, -0.1) is 0 Å². The maximum atomic E-state index is 9.87. The van der Waals surface area contributed by atoms with Gasteiger partial charge >= 0.3 is 17.9 Å². The Morgan fingerprint density at radius 1 is 0.520 bits per heavy atom. The Balaban J connectivity index is -0.000000130. The van der Waals surface area contributed by atoms with Crippen LogP contribution < -0.4 is 0 Å². The monoisotopic (exact) mass is 500 g/mol. The second kappa shape index (κ2) is 28.5. The Morgan fingerprint density at radius 3 is 0.840 bits per heavy atom. The molecule has 0 heterocycles. The van der Waals surface area contributed by atoms with Crippen LogP contribution in [0.4, 0.5) is 0 Å². The van der Waals surface area contributed by atoms with E-state index >= 15 is 0 Å². The Kier molecular flexibility index (Phi) is 37.0. The van der Waals surface area contributed by atoms with Crippen LogP contribution in [0, 0.1) is 40.4 Å². The summed E-state index contributed by atoms with van der Waals surface area (Å²) in [7, 11) is 0. The fraction of sp³-hybridized carbons (Fsp3) is 0.833. The molecule has 0 aliphatic rings. The number of rotatable bonds is 12. The first-order valence-corrected chi connectivity index (χ1v) is 8.97. The molecule has 0 fully saturated rings. The molecule has 0 unspecified atom stereocenters. The molecule has 7 heteroatoms. The fourth-order valence-corrected chi connectivity index (χ4v) is 1.58. The van der Waals surface area contributed by atoms with Crippen molar-refractivity contribution in [3.8, 4) is 0 Å². The van der Waals surface area contributed by atoms with Gasteiger partial charge in [0.1, 0.15) is 0 Å². The van der Waals surface area contributed by atoms with E-state index in [0.717, 1.165) is 57.8 Å². The van der Waals surface area contributed by atoms with E-state index in [9.17, 15) is 14.4 Å². The quantitative estimate of drug-likeness (QED) is 0.328. The third-order valence-electron chi connectivity index (χ3n) is 2.98. The van der Waals surface area contributed by atoms with E-state index < -0.39 is 17.9 Å². The van der Waals surface area contributed by atoms with Gasteiger partial charge in [0.15, 0.2) is 0 Å². The summed E-state index contributed by atoms with van der Waals surface area (Å²) >= 11 is 0. The Labute approximate surface area is 184 Å². The summed E-state index contributed by atoms with van der Waals surface area (Å²) in [5.41, 5.74) is 0. The van der Waals surface area contributed by atoms with Gasteiger partial charge in [-0.25, -0.2) is 0 Å². The van der Waals surface area contributed by atoms with E-state index in [2.05, 4.69) is 20.8 Å². The third-order valence-corrected chi connectivity index (χ3v) is 2.98. The number of hydrogen-bond acceptors (Lipinski definition) is 3. The zero-order valence-electron chi connectivity index (χ0n) is 16.0. The van der Waals surface area contributed by atoms with Crippen LogP contribution in [0.3, 0.4) is 0 Å². The van der Waals surface area contributed by atoms with E-state index in [1.54, 1.807) is 0 Å². The van der Waals surface area contributed by atoms with Gasteiger partial charge in [0.2, 0.25) is 0 Å². The van der Waals surface area contributed by atoms with Gasteiger partial charge in [-0.2, -0.15) is 0 Å². The van der Waals surface area contributed by atoms with Crippen molar-refractivity contribution in [2.75, 3.05) is 0 Å². The van der Waals surface area contributed by atoms with Crippen LogP contribution >= 0.6 is 0 Å². The molecule has 0 aliphatic carbocycles. The van der Waals surface area contributed by atoms with Crippen molar-refractivity contribution in [3.05, 3.63) is 0 Å². The molecule has 0 rings (SSSR count). The summed E-state index contributed by atoms with van der Waals surface area (Å²) in [5.74, 6) is -2.05. The van der Waals surface area contributed by atoms with E-state index in [1.807, 2.05) is 0 Å². The molecule has 0 aromatic carbocycles. The van der Waals surface area contributed by atoms with Crippen LogP contribution in [0.5, 0.6) is 0 Å². The predicted molar refractivity (Wildman–Crippen MR) is 95.3 cm³/mol. The number of carboxylic acid groups (broad SMARTS) is 3. The molecule has 25 heavy (non-hydrogen) atoms. The third kappa shape index (κ3) is 51.6. The largest absolute Gasteiger partial charge is 0.481 e. The van der Waals surface area contributed by atoms with Crippen LogP contribution in [0.25, 0.3) is 0 Å². The van der Waals surface area contributed by atoms with Crippen LogP contribution in [-0.4, -0.2) is 33.2 Å². The number of carboxylic acids is 3. The first-order valence-electron chi connectivity index (χ1n) is 8.97. The minimum absolute atomic E-state index is 0. The maximum Gasteiger partial charge on any atom is 0.303 e. The molecule has 0 amide bonds. The molecule has 0 spiro atoms. The van der Waals surface area contributed by atoms with Gasteiger partial charge in [0.05, 0.1) is 0 Å². The molecule has 0 radical (unpaired) electrons. The topological polar surface area (TPSA) is 112 Å². The van der Waals surface area contributed by atoms with Crippen molar-refractivity contribution in [1.82, 2.24) is 0 Å². The van der Waals surface area contributed by atoms with Crippen molar-refractivity contribution in [3.63, 3.8) is 0 Å². The van der Waals surface area contributed by atoms with Gasteiger partial charge in [-0.05, 0) is 19.3 Å². The van der Waals surface area contributed by atoms with E-state index in [-0.39, 0.29) is 40.4 Å². The summed E-state index contributed by atoms with van der Waals surface area (Å²) in [6, 6.07) is 0.